The predicted octanol–water partition coefficient (Wildman–Crippen LogP) is 3.16. The van der Waals surface area contributed by atoms with Gasteiger partial charge < -0.3 is 10.2 Å². The molecule has 0 bridgehead atoms. The third kappa shape index (κ3) is 3.36. The quantitative estimate of drug-likeness (QED) is 0.826. The van der Waals surface area contributed by atoms with E-state index in [1.54, 1.807) is 0 Å². The molecule has 2 nitrogen and oxygen atoms in total. The Morgan fingerprint density at radius 3 is 2.88 bits per heavy atom. The minimum atomic E-state index is 0.285. The molecule has 0 saturated carbocycles. The molecule has 1 N–H and O–H groups in total. The smallest absolute Gasteiger partial charge is 0.0426 e. The summed E-state index contributed by atoms with van der Waals surface area (Å²) in [6, 6.07) is 8.65. The van der Waals surface area contributed by atoms with E-state index in [0.717, 1.165) is 24.7 Å². The maximum absolute atomic E-state index is 6.07. The van der Waals surface area contributed by atoms with Crippen LogP contribution >= 0.6 is 11.6 Å². The number of hydrogen-bond donors (Lipinski definition) is 1. The molecule has 1 aromatic carbocycles. The predicted molar refractivity (Wildman–Crippen MR) is 74.9 cm³/mol. The van der Waals surface area contributed by atoms with E-state index in [9.17, 15) is 0 Å². The molecule has 1 aromatic rings. The molecule has 0 aliphatic carbocycles. The largest absolute Gasteiger partial charge is 0.369 e. The minimum Gasteiger partial charge on any atom is -0.369 e. The van der Waals surface area contributed by atoms with Crippen molar-refractivity contribution in [3.8, 4) is 0 Å². The van der Waals surface area contributed by atoms with E-state index >= 15 is 0 Å². The van der Waals surface area contributed by atoms with Gasteiger partial charge in [-0.15, -0.1) is 0 Å². The highest BCUT2D eigenvalue weighted by molar-refractivity contribution is 6.30. The van der Waals surface area contributed by atoms with Crippen LogP contribution in [-0.2, 0) is 0 Å². The Morgan fingerprint density at radius 1 is 1.41 bits per heavy atom. The van der Waals surface area contributed by atoms with Gasteiger partial charge in [0.05, 0.1) is 0 Å². The van der Waals surface area contributed by atoms with Gasteiger partial charge >= 0.3 is 0 Å². The van der Waals surface area contributed by atoms with Gasteiger partial charge in [-0.3, -0.25) is 0 Å². The second-order valence-corrected chi connectivity index (χ2v) is 6.24. The summed E-state index contributed by atoms with van der Waals surface area (Å²) < 4.78 is 0. The lowest BCUT2D eigenvalue weighted by Gasteiger charge is -2.31. The molecule has 1 heterocycles. The summed E-state index contributed by atoms with van der Waals surface area (Å²) in [4.78, 5) is 2.43. The van der Waals surface area contributed by atoms with Gasteiger partial charge in [-0.05, 0) is 30.5 Å². The fraction of sp³-hybridized carbons (Fsp3) is 0.571. The molecule has 3 heteroatoms. The molecule has 0 aromatic heterocycles. The monoisotopic (exact) mass is 252 g/mol. The van der Waals surface area contributed by atoms with Crippen molar-refractivity contribution in [2.45, 2.75) is 26.8 Å². The van der Waals surface area contributed by atoms with Crippen molar-refractivity contribution in [1.29, 1.82) is 0 Å². The first-order chi connectivity index (χ1) is 7.96. The number of rotatable bonds is 1. The summed E-state index contributed by atoms with van der Waals surface area (Å²) in [5, 5.41) is 4.38. The van der Waals surface area contributed by atoms with Crippen LogP contribution in [0.2, 0.25) is 5.02 Å². The first-order valence-corrected chi connectivity index (χ1v) is 6.58. The van der Waals surface area contributed by atoms with Crippen molar-refractivity contribution in [3.05, 3.63) is 29.3 Å². The van der Waals surface area contributed by atoms with Gasteiger partial charge in [0.15, 0.2) is 0 Å². The molecule has 1 unspecified atom stereocenters. The fourth-order valence-electron chi connectivity index (χ4n) is 2.35. The van der Waals surface area contributed by atoms with Crippen molar-refractivity contribution >= 4 is 17.3 Å². The molecular formula is C14H21ClN2. The second kappa shape index (κ2) is 4.87. The Labute approximate surface area is 109 Å². The van der Waals surface area contributed by atoms with Crippen molar-refractivity contribution in [3.63, 3.8) is 0 Å². The zero-order valence-electron chi connectivity index (χ0n) is 10.8. The summed E-state index contributed by atoms with van der Waals surface area (Å²) in [5.41, 5.74) is 1.51. The van der Waals surface area contributed by atoms with Gasteiger partial charge in [-0.1, -0.05) is 31.5 Å². The maximum atomic E-state index is 6.07. The van der Waals surface area contributed by atoms with E-state index in [1.165, 1.54) is 5.69 Å². The van der Waals surface area contributed by atoms with E-state index in [4.69, 9.17) is 11.6 Å². The molecule has 0 amide bonds. The molecule has 17 heavy (non-hydrogen) atoms. The van der Waals surface area contributed by atoms with Crippen LogP contribution in [0, 0.1) is 5.41 Å². The van der Waals surface area contributed by atoms with Crippen molar-refractivity contribution < 1.29 is 0 Å². The highest BCUT2D eigenvalue weighted by Gasteiger charge is 2.27. The van der Waals surface area contributed by atoms with Crippen LogP contribution in [-0.4, -0.2) is 25.7 Å². The first kappa shape index (κ1) is 12.7. The van der Waals surface area contributed by atoms with E-state index in [0.29, 0.717) is 6.04 Å². The lowest BCUT2D eigenvalue weighted by molar-refractivity contribution is 0.362. The van der Waals surface area contributed by atoms with E-state index in [1.807, 2.05) is 12.1 Å². The normalized spacial score (nSPS) is 24.5. The van der Waals surface area contributed by atoms with Crippen molar-refractivity contribution in [2.75, 3.05) is 24.5 Å². The highest BCUT2D eigenvalue weighted by Crippen LogP contribution is 2.26. The van der Waals surface area contributed by atoms with Crippen LogP contribution in [0.4, 0.5) is 5.69 Å². The van der Waals surface area contributed by atoms with Crippen LogP contribution in [0.15, 0.2) is 24.3 Å². The highest BCUT2D eigenvalue weighted by atomic mass is 35.5. The SMILES string of the molecule is CC1CN(c2cccc(Cl)c2)CC(C)(C)CN1. The fourth-order valence-corrected chi connectivity index (χ4v) is 2.54. The Balaban J connectivity index is 2.23. The molecular weight excluding hydrogens is 232 g/mol. The van der Waals surface area contributed by atoms with E-state index in [-0.39, 0.29) is 5.41 Å². The zero-order valence-corrected chi connectivity index (χ0v) is 11.6. The standard InChI is InChI=1S/C14H21ClN2/c1-11-8-17(10-14(2,3)9-16-11)13-6-4-5-12(15)7-13/h4-7,11,16H,8-10H2,1-3H3. The summed E-state index contributed by atoms with van der Waals surface area (Å²) in [7, 11) is 0. The average molecular weight is 253 g/mol. The van der Waals surface area contributed by atoms with Gasteiger partial charge in [0.25, 0.3) is 0 Å². The lowest BCUT2D eigenvalue weighted by Crippen LogP contribution is -2.35. The molecule has 0 spiro atoms. The Bertz CT molecular complexity index is 390. The summed E-state index contributed by atoms with van der Waals surface area (Å²) in [5.74, 6) is 0. The number of hydrogen-bond acceptors (Lipinski definition) is 2. The third-order valence-electron chi connectivity index (χ3n) is 3.22. The molecule has 2 rings (SSSR count). The number of nitrogens with one attached hydrogen (secondary N) is 1. The number of benzene rings is 1. The Morgan fingerprint density at radius 2 is 2.18 bits per heavy atom. The number of halogens is 1. The van der Waals surface area contributed by atoms with Gasteiger partial charge in [0, 0.05) is 36.4 Å². The lowest BCUT2D eigenvalue weighted by atomic mass is 9.93. The first-order valence-electron chi connectivity index (χ1n) is 6.20. The minimum absolute atomic E-state index is 0.285. The van der Waals surface area contributed by atoms with Gasteiger partial charge in [0.2, 0.25) is 0 Å². The van der Waals surface area contributed by atoms with Crippen LogP contribution in [0.3, 0.4) is 0 Å². The topological polar surface area (TPSA) is 15.3 Å². The Hall–Kier alpha value is -0.730. The molecule has 1 saturated heterocycles. The summed E-state index contributed by atoms with van der Waals surface area (Å²) >= 11 is 6.07. The van der Waals surface area contributed by atoms with Crippen molar-refractivity contribution in [2.24, 2.45) is 5.41 Å². The Kier molecular flexibility index (Phi) is 3.64. The van der Waals surface area contributed by atoms with E-state index < -0.39 is 0 Å². The van der Waals surface area contributed by atoms with Crippen LogP contribution < -0.4 is 10.2 Å². The number of anilines is 1. The molecule has 1 aliphatic heterocycles. The van der Waals surface area contributed by atoms with E-state index in [2.05, 4.69) is 43.1 Å². The molecule has 0 radical (unpaired) electrons. The van der Waals surface area contributed by atoms with Crippen molar-refractivity contribution in [1.82, 2.24) is 5.32 Å². The molecule has 94 valence electrons. The molecule has 1 aliphatic rings. The summed E-state index contributed by atoms with van der Waals surface area (Å²) in [6.45, 7) is 9.99. The average Bonchev–Trinajstić information content (AvgIpc) is 2.38. The van der Waals surface area contributed by atoms with Crippen LogP contribution in [0.25, 0.3) is 0 Å². The molecule has 1 atom stereocenters. The van der Waals surface area contributed by atoms with Gasteiger partial charge in [-0.25, -0.2) is 0 Å². The molecule has 1 fully saturated rings. The van der Waals surface area contributed by atoms with Crippen LogP contribution in [0.5, 0.6) is 0 Å². The number of nitrogens with zero attached hydrogens (tertiary/aromatic N) is 1. The zero-order chi connectivity index (χ0) is 12.5. The summed E-state index contributed by atoms with van der Waals surface area (Å²) in [6.07, 6.45) is 0. The van der Waals surface area contributed by atoms with Gasteiger partial charge in [-0.2, -0.15) is 0 Å². The van der Waals surface area contributed by atoms with Gasteiger partial charge in [0.1, 0.15) is 0 Å². The maximum Gasteiger partial charge on any atom is 0.0426 e. The third-order valence-corrected chi connectivity index (χ3v) is 3.45. The second-order valence-electron chi connectivity index (χ2n) is 5.81. The van der Waals surface area contributed by atoms with Crippen LogP contribution in [0.1, 0.15) is 20.8 Å².